The lowest BCUT2D eigenvalue weighted by atomic mass is 10.0. The summed E-state index contributed by atoms with van der Waals surface area (Å²) >= 11 is 0. The van der Waals surface area contributed by atoms with Gasteiger partial charge in [-0.2, -0.15) is 0 Å². The van der Waals surface area contributed by atoms with Gasteiger partial charge in [0.1, 0.15) is 5.75 Å². The highest BCUT2D eigenvalue weighted by Gasteiger charge is 2.07. The highest BCUT2D eigenvalue weighted by atomic mass is 16.5. The quantitative estimate of drug-likeness (QED) is 0.767. The smallest absolute Gasteiger partial charge is 0.122 e. The number of hydrogen-bond acceptors (Lipinski definition) is 2. The van der Waals surface area contributed by atoms with E-state index in [2.05, 4.69) is 13.0 Å². The van der Waals surface area contributed by atoms with Gasteiger partial charge in [0.05, 0.1) is 6.61 Å². The Morgan fingerprint density at radius 2 is 2.00 bits per heavy atom. The van der Waals surface area contributed by atoms with Crippen LogP contribution in [0.25, 0.3) is 0 Å². The Balaban J connectivity index is 2.57. The van der Waals surface area contributed by atoms with Crippen molar-refractivity contribution in [2.45, 2.75) is 45.6 Å². The molecular formula is C14H23NO. The van der Waals surface area contributed by atoms with E-state index in [0.29, 0.717) is 6.61 Å². The molecule has 2 nitrogen and oxygen atoms in total. The summed E-state index contributed by atoms with van der Waals surface area (Å²) in [6.07, 6.45) is 4.42. The molecule has 0 radical (unpaired) electrons. The third-order valence-corrected chi connectivity index (χ3v) is 2.68. The normalized spacial score (nSPS) is 12.4. The van der Waals surface area contributed by atoms with Crippen LogP contribution in [0, 0.1) is 0 Å². The highest BCUT2D eigenvalue weighted by Crippen LogP contribution is 2.20. The predicted octanol–water partition coefficient (Wildman–Crippen LogP) is 3.15. The number of nitrogens with two attached hydrogens (primary N) is 1. The minimum atomic E-state index is 0.251. The van der Waals surface area contributed by atoms with E-state index in [1.54, 1.807) is 0 Å². The molecule has 2 N–H and O–H groups in total. The zero-order valence-corrected chi connectivity index (χ0v) is 10.4. The van der Waals surface area contributed by atoms with E-state index in [1.807, 2.05) is 25.1 Å². The molecule has 16 heavy (non-hydrogen) atoms. The lowest BCUT2D eigenvalue weighted by molar-refractivity contribution is 0.335. The number of hydrogen-bond donors (Lipinski definition) is 1. The third-order valence-electron chi connectivity index (χ3n) is 2.68. The van der Waals surface area contributed by atoms with Crippen molar-refractivity contribution in [3.05, 3.63) is 29.8 Å². The van der Waals surface area contributed by atoms with Crippen LogP contribution in [0.15, 0.2) is 24.3 Å². The molecule has 0 amide bonds. The zero-order valence-electron chi connectivity index (χ0n) is 10.4. The zero-order chi connectivity index (χ0) is 11.8. The molecule has 1 rings (SSSR count). The molecule has 0 aliphatic rings. The van der Waals surface area contributed by atoms with Crippen molar-refractivity contribution < 1.29 is 4.74 Å². The summed E-state index contributed by atoms with van der Waals surface area (Å²) in [7, 11) is 0. The van der Waals surface area contributed by atoms with Crippen LogP contribution in [0.1, 0.15) is 38.7 Å². The maximum atomic E-state index is 6.10. The van der Waals surface area contributed by atoms with Crippen LogP contribution in [-0.4, -0.2) is 12.6 Å². The average Bonchev–Trinajstić information content (AvgIpc) is 2.29. The molecule has 1 atom stereocenters. The van der Waals surface area contributed by atoms with Crippen molar-refractivity contribution in [3.63, 3.8) is 0 Å². The minimum absolute atomic E-state index is 0.251. The van der Waals surface area contributed by atoms with Crippen LogP contribution in [-0.2, 0) is 6.42 Å². The van der Waals surface area contributed by atoms with E-state index in [1.165, 1.54) is 18.4 Å². The molecule has 1 aromatic rings. The highest BCUT2D eigenvalue weighted by molar-refractivity contribution is 5.33. The van der Waals surface area contributed by atoms with Crippen molar-refractivity contribution in [3.8, 4) is 5.75 Å². The topological polar surface area (TPSA) is 35.2 Å². The van der Waals surface area contributed by atoms with E-state index in [0.717, 1.165) is 18.6 Å². The predicted molar refractivity (Wildman–Crippen MR) is 68.8 cm³/mol. The first-order valence-corrected chi connectivity index (χ1v) is 6.24. The molecule has 0 spiro atoms. The number of rotatable bonds is 7. The van der Waals surface area contributed by atoms with Crippen molar-refractivity contribution in [2.24, 2.45) is 5.73 Å². The first-order valence-electron chi connectivity index (χ1n) is 6.24. The fraction of sp³-hybridized carbons (Fsp3) is 0.571. The van der Waals surface area contributed by atoms with E-state index < -0.39 is 0 Å². The van der Waals surface area contributed by atoms with E-state index >= 15 is 0 Å². The van der Waals surface area contributed by atoms with Crippen LogP contribution >= 0.6 is 0 Å². The van der Waals surface area contributed by atoms with Crippen LogP contribution in [0.5, 0.6) is 5.75 Å². The first kappa shape index (κ1) is 13.0. The lowest BCUT2D eigenvalue weighted by Crippen LogP contribution is -2.22. The van der Waals surface area contributed by atoms with Gasteiger partial charge in [-0.25, -0.2) is 0 Å². The molecule has 0 bridgehead atoms. The molecule has 0 aliphatic heterocycles. The van der Waals surface area contributed by atoms with Crippen LogP contribution in [0.2, 0.25) is 0 Å². The summed E-state index contributed by atoms with van der Waals surface area (Å²) in [4.78, 5) is 0. The fourth-order valence-electron chi connectivity index (χ4n) is 1.82. The molecule has 0 saturated carbocycles. The molecule has 1 aromatic carbocycles. The van der Waals surface area contributed by atoms with Crippen molar-refractivity contribution >= 4 is 0 Å². The van der Waals surface area contributed by atoms with Gasteiger partial charge < -0.3 is 10.5 Å². The Kier molecular flexibility index (Phi) is 5.94. The van der Waals surface area contributed by atoms with Crippen LogP contribution in [0.3, 0.4) is 0 Å². The Morgan fingerprint density at radius 3 is 2.69 bits per heavy atom. The van der Waals surface area contributed by atoms with Gasteiger partial charge in [0.2, 0.25) is 0 Å². The molecule has 0 aliphatic carbocycles. The van der Waals surface area contributed by atoms with Crippen molar-refractivity contribution in [1.29, 1.82) is 0 Å². The third kappa shape index (κ3) is 4.23. The lowest BCUT2D eigenvalue weighted by Gasteiger charge is -2.14. The second-order valence-electron chi connectivity index (χ2n) is 4.15. The fourth-order valence-corrected chi connectivity index (χ4v) is 1.82. The standard InChI is InChI=1S/C14H23NO/c1-3-5-9-13(15)11-12-8-6-7-10-14(12)16-4-2/h6-8,10,13H,3-5,9,11,15H2,1-2H3. The second-order valence-corrected chi connectivity index (χ2v) is 4.15. The van der Waals surface area contributed by atoms with Gasteiger partial charge in [0, 0.05) is 6.04 Å². The molecule has 0 aromatic heterocycles. The van der Waals surface area contributed by atoms with Crippen LogP contribution in [0.4, 0.5) is 0 Å². The Morgan fingerprint density at radius 1 is 1.25 bits per heavy atom. The van der Waals surface area contributed by atoms with Gasteiger partial charge in [-0.3, -0.25) is 0 Å². The van der Waals surface area contributed by atoms with Gasteiger partial charge >= 0.3 is 0 Å². The SMILES string of the molecule is CCCCC(N)Cc1ccccc1OCC. The molecule has 0 saturated heterocycles. The van der Waals surface area contributed by atoms with Gasteiger partial charge in [0.25, 0.3) is 0 Å². The summed E-state index contributed by atoms with van der Waals surface area (Å²) in [5.41, 5.74) is 7.33. The summed E-state index contributed by atoms with van der Waals surface area (Å²) in [5, 5.41) is 0. The molecule has 0 fully saturated rings. The molecular weight excluding hydrogens is 198 g/mol. The monoisotopic (exact) mass is 221 g/mol. The number of unbranched alkanes of at least 4 members (excludes halogenated alkanes) is 1. The molecule has 1 unspecified atom stereocenters. The Labute approximate surface area is 98.8 Å². The van der Waals surface area contributed by atoms with Gasteiger partial charge in [-0.15, -0.1) is 0 Å². The van der Waals surface area contributed by atoms with Gasteiger partial charge in [0.15, 0.2) is 0 Å². The second kappa shape index (κ2) is 7.29. The Bertz CT molecular complexity index is 299. The number of benzene rings is 1. The summed E-state index contributed by atoms with van der Waals surface area (Å²) in [6.45, 7) is 4.91. The largest absolute Gasteiger partial charge is 0.494 e. The molecule has 2 heteroatoms. The van der Waals surface area contributed by atoms with E-state index in [4.69, 9.17) is 10.5 Å². The average molecular weight is 221 g/mol. The number of para-hydroxylation sites is 1. The first-order chi connectivity index (χ1) is 7.77. The Hall–Kier alpha value is -1.02. The molecule has 0 heterocycles. The maximum Gasteiger partial charge on any atom is 0.122 e. The number of ether oxygens (including phenoxy) is 1. The molecule has 90 valence electrons. The van der Waals surface area contributed by atoms with Crippen molar-refractivity contribution in [2.75, 3.05) is 6.61 Å². The van der Waals surface area contributed by atoms with Gasteiger partial charge in [-0.05, 0) is 31.4 Å². The summed E-state index contributed by atoms with van der Waals surface area (Å²) in [6, 6.07) is 8.43. The summed E-state index contributed by atoms with van der Waals surface area (Å²) in [5.74, 6) is 0.983. The van der Waals surface area contributed by atoms with Crippen LogP contribution < -0.4 is 10.5 Å². The van der Waals surface area contributed by atoms with Gasteiger partial charge in [-0.1, -0.05) is 38.0 Å². The van der Waals surface area contributed by atoms with E-state index in [9.17, 15) is 0 Å². The van der Waals surface area contributed by atoms with Crippen molar-refractivity contribution in [1.82, 2.24) is 0 Å². The minimum Gasteiger partial charge on any atom is -0.494 e. The maximum absolute atomic E-state index is 6.10. The van der Waals surface area contributed by atoms with E-state index in [-0.39, 0.29) is 6.04 Å². The summed E-state index contributed by atoms with van der Waals surface area (Å²) < 4.78 is 5.59.